The van der Waals surface area contributed by atoms with Crippen molar-refractivity contribution in [3.05, 3.63) is 23.8 Å². The normalized spacial score (nSPS) is 19.9. The molecular weight excluding hydrogens is 374 g/mol. The van der Waals surface area contributed by atoms with Gasteiger partial charge in [0.15, 0.2) is 0 Å². The summed E-state index contributed by atoms with van der Waals surface area (Å²) in [4.78, 5) is 30.7. The van der Waals surface area contributed by atoms with E-state index in [-0.39, 0.29) is 18.0 Å². The molecule has 29 heavy (non-hydrogen) atoms. The molecule has 2 aliphatic heterocycles. The minimum absolute atomic E-state index is 0.00614. The third-order valence-corrected chi connectivity index (χ3v) is 5.63. The molecule has 1 aromatic rings. The van der Waals surface area contributed by atoms with Crippen molar-refractivity contribution >= 4 is 12.0 Å². The fraction of sp³-hybridized carbons (Fsp3) is 0.619. The molecule has 0 unspecified atom stereocenters. The Morgan fingerprint density at radius 1 is 1.07 bits per heavy atom. The van der Waals surface area contributed by atoms with Gasteiger partial charge in [-0.2, -0.15) is 0 Å². The van der Waals surface area contributed by atoms with Gasteiger partial charge in [-0.15, -0.1) is 0 Å². The van der Waals surface area contributed by atoms with Crippen LogP contribution in [-0.2, 0) is 9.53 Å². The van der Waals surface area contributed by atoms with Gasteiger partial charge in [0.2, 0.25) is 5.91 Å². The van der Waals surface area contributed by atoms with E-state index in [0.29, 0.717) is 39.3 Å². The van der Waals surface area contributed by atoms with Gasteiger partial charge in [-0.05, 0) is 38.0 Å². The third kappa shape index (κ3) is 4.93. The molecule has 0 radical (unpaired) electrons. The lowest BCUT2D eigenvalue weighted by Gasteiger charge is -2.35. The number of piperazine rings is 1. The van der Waals surface area contributed by atoms with Gasteiger partial charge in [-0.1, -0.05) is 0 Å². The molecular formula is C21H31N3O5. The average molecular weight is 405 g/mol. The summed E-state index contributed by atoms with van der Waals surface area (Å²) >= 11 is 0. The number of carbonyl (C=O) groups is 2. The lowest BCUT2D eigenvalue weighted by Crippen LogP contribution is -2.51. The van der Waals surface area contributed by atoms with Crippen LogP contribution in [0.15, 0.2) is 18.2 Å². The van der Waals surface area contributed by atoms with Crippen LogP contribution in [0.4, 0.5) is 4.79 Å². The number of hydrogen-bond donors (Lipinski definition) is 0. The van der Waals surface area contributed by atoms with E-state index in [1.165, 1.54) is 0 Å². The summed E-state index contributed by atoms with van der Waals surface area (Å²) in [6.07, 6.45) is 1.60. The van der Waals surface area contributed by atoms with Crippen LogP contribution in [0, 0.1) is 0 Å². The summed E-state index contributed by atoms with van der Waals surface area (Å²) in [5.41, 5.74) is 0.991. The summed E-state index contributed by atoms with van der Waals surface area (Å²) in [5.74, 6) is 1.65. The number of hydrogen-bond acceptors (Lipinski definition) is 6. The molecule has 0 saturated carbocycles. The van der Waals surface area contributed by atoms with E-state index in [4.69, 9.17) is 14.2 Å². The molecule has 0 N–H and O–H groups in total. The average Bonchev–Trinajstić information content (AvgIpc) is 3.24. The smallest absolute Gasteiger partial charge is 0.409 e. The SMILES string of the molecule is CCOC(=O)N1CCN(CC(=O)N2CCC[C@H]2c2cc(OC)ccc2OC)CC1. The molecule has 0 aliphatic carbocycles. The van der Waals surface area contributed by atoms with Crippen LogP contribution in [0.1, 0.15) is 31.4 Å². The Hall–Kier alpha value is -2.48. The molecule has 2 amide bonds. The zero-order valence-electron chi connectivity index (χ0n) is 17.6. The first-order valence-corrected chi connectivity index (χ1v) is 10.2. The molecule has 8 heteroatoms. The molecule has 8 nitrogen and oxygen atoms in total. The summed E-state index contributed by atoms with van der Waals surface area (Å²) in [6, 6.07) is 5.72. The summed E-state index contributed by atoms with van der Waals surface area (Å²) in [5, 5.41) is 0. The Labute approximate surface area is 172 Å². The maximum Gasteiger partial charge on any atom is 0.409 e. The second-order valence-corrected chi connectivity index (χ2v) is 7.32. The van der Waals surface area contributed by atoms with E-state index in [1.54, 1.807) is 26.0 Å². The highest BCUT2D eigenvalue weighted by Gasteiger charge is 2.33. The Balaban J connectivity index is 1.62. The Morgan fingerprint density at radius 2 is 1.83 bits per heavy atom. The largest absolute Gasteiger partial charge is 0.497 e. The highest BCUT2D eigenvalue weighted by Crippen LogP contribution is 2.39. The lowest BCUT2D eigenvalue weighted by molar-refractivity contribution is -0.133. The number of methoxy groups -OCH3 is 2. The highest BCUT2D eigenvalue weighted by atomic mass is 16.6. The zero-order chi connectivity index (χ0) is 20.8. The van der Waals surface area contributed by atoms with Crippen molar-refractivity contribution < 1.29 is 23.8 Å². The van der Waals surface area contributed by atoms with Crippen LogP contribution in [0.2, 0.25) is 0 Å². The minimum Gasteiger partial charge on any atom is -0.497 e. The third-order valence-electron chi connectivity index (χ3n) is 5.63. The van der Waals surface area contributed by atoms with Crippen molar-refractivity contribution in [3.63, 3.8) is 0 Å². The summed E-state index contributed by atoms with van der Waals surface area (Å²) in [7, 11) is 3.29. The van der Waals surface area contributed by atoms with Crippen LogP contribution < -0.4 is 9.47 Å². The van der Waals surface area contributed by atoms with Crippen molar-refractivity contribution in [1.29, 1.82) is 0 Å². The van der Waals surface area contributed by atoms with Crippen molar-refractivity contribution in [2.45, 2.75) is 25.8 Å². The van der Waals surface area contributed by atoms with Gasteiger partial charge >= 0.3 is 6.09 Å². The fourth-order valence-corrected chi connectivity index (χ4v) is 4.07. The molecule has 1 aromatic carbocycles. The van der Waals surface area contributed by atoms with Gasteiger partial charge in [0.05, 0.1) is 33.4 Å². The molecule has 2 heterocycles. The lowest BCUT2D eigenvalue weighted by atomic mass is 10.0. The summed E-state index contributed by atoms with van der Waals surface area (Å²) < 4.78 is 16.0. The highest BCUT2D eigenvalue weighted by molar-refractivity contribution is 5.79. The quantitative estimate of drug-likeness (QED) is 0.722. The molecule has 1 atom stereocenters. The molecule has 3 rings (SSSR count). The van der Waals surface area contributed by atoms with Crippen molar-refractivity contribution in [3.8, 4) is 11.5 Å². The standard InChI is InChI=1S/C21H31N3O5/c1-4-29-21(26)23-12-10-22(11-13-23)15-20(25)24-9-5-6-18(24)17-14-16(27-2)7-8-19(17)28-3/h7-8,14,18H,4-6,9-13,15H2,1-3H3/t18-/m0/s1. The first-order valence-electron chi connectivity index (χ1n) is 10.2. The van der Waals surface area contributed by atoms with Gasteiger partial charge in [0.1, 0.15) is 11.5 Å². The molecule has 2 fully saturated rings. The first-order chi connectivity index (χ1) is 14.1. The number of likely N-dealkylation sites (tertiary alicyclic amines) is 1. The van der Waals surface area contributed by atoms with Gasteiger partial charge in [-0.3, -0.25) is 9.69 Å². The second kappa shape index (κ2) is 9.82. The van der Waals surface area contributed by atoms with Crippen LogP contribution in [0.25, 0.3) is 0 Å². The zero-order valence-corrected chi connectivity index (χ0v) is 17.6. The Kier molecular flexibility index (Phi) is 7.19. The maximum absolute atomic E-state index is 13.1. The minimum atomic E-state index is -0.275. The predicted octanol–water partition coefficient (Wildman–Crippen LogP) is 2.14. The maximum atomic E-state index is 13.1. The number of amides is 2. The van der Waals surface area contributed by atoms with E-state index in [2.05, 4.69) is 4.90 Å². The summed E-state index contributed by atoms with van der Waals surface area (Å²) in [6.45, 7) is 5.79. The second-order valence-electron chi connectivity index (χ2n) is 7.32. The van der Waals surface area contributed by atoms with Gasteiger partial charge in [-0.25, -0.2) is 4.79 Å². The van der Waals surface area contributed by atoms with E-state index in [9.17, 15) is 9.59 Å². The van der Waals surface area contributed by atoms with E-state index >= 15 is 0 Å². The van der Waals surface area contributed by atoms with E-state index < -0.39 is 0 Å². The molecule has 0 bridgehead atoms. The van der Waals surface area contributed by atoms with Gasteiger partial charge in [0, 0.05) is 38.3 Å². The predicted molar refractivity (Wildman–Crippen MR) is 108 cm³/mol. The van der Waals surface area contributed by atoms with Gasteiger partial charge < -0.3 is 24.0 Å². The fourth-order valence-electron chi connectivity index (χ4n) is 4.07. The molecule has 0 spiro atoms. The van der Waals surface area contributed by atoms with Crippen molar-refractivity contribution in [1.82, 2.24) is 14.7 Å². The molecule has 0 aromatic heterocycles. The molecule has 160 valence electrons. The van der Waals surface area contributed by atoms with Crippen LogP contribution >= 0.6 is 0 Å². The van der Waals surface area contributed by atoms with Gasteiger partial charge in [0.25, 0.3) is 0 Å². The Bertz CT molecular complexity index is 718. The number of carbonyl (C=O) groups excluding carboxylic acids is 2. The van der Waals surface area contributed by atoms with Crippen LogP contribution in [-0.4, -0.2) is 86.8 Å². The Morgan fingerprint density at radius 3 is 2.48 bits per heavy atom. The number of benzene rings is 1. The number of ether oxygens (including phenoxy) is 3. The topological polar surface area (TPSA) is 71.6 Å². The van der Waals surface area contributed by atoms with Crippen LogP contribution in [0.3, 0.4) is 0 Å². The van der Waals surface area contributed by atoms with E-state index in [1.807, 2.05) is 23.1 Å². The first kappa shape index (κ1) is 21.2. The number of rotatable bonds is 6. The molecule has 2 aliphatic rings. The monoisotopic (exact) mass is 405 g/mol. The van der Waals surface area contributed by atoms with Crippen molar-refractivity contribution in [2.24, 2.45) is 0 Å². The molecule has 2 saturated heterocycles. The van der Waals surface area contributed by atoms with E-state index in [0.717, 1.165) is 36.4 Å². The van der Waals surface area contributed by atoms with Crippen molar-refractivity contribution in [2.75, 3.05) is 60.1 Å². The number of nitrogens with zero attached hydrogens (tertiary/aromatic N) is 3. The van der Waals surface area contributed by atoms with Crippen LogP contribution in [0.5, 0.6) is 11.5 Å².